The first-order chi connectivity index (χ1) is 15.1. The average Bonchev–Trinajstić information content (AvgIpc) is 3.34. The summed E-state index contributed by atoms with van der Waals surface area (Å²) in [5, 5.41) is 15.4. The zero-order chi connectivity index (χ0) is 21.6. The first kappa shape index (κ1) is 23.0. The van der Waals surface area contributed by atoms with Crippen LogP contribution in [0.5, 0.6) is 0 Å². The van der Waals surface area contributed by atoms with Crippen LogP contribution in [0.25, 0.3) is 11.1 Å². The lowest BCUT2D eigenvalue weighted by Crippen LogP contribution is -2.42. The van der Waals surface area contributed by atoms with Crippen LogP contribution in [-0.2, 0) is 11.2 Å². The maximum absolute atomic E-state index is 12.6. The van der Waals surface area contributed by atoms with Gasteiger partial charge in [-0.2, -0.15) is 0 Å². The topological polar surface area (TPSA) is 90.8 Å². The third kappa shape index (κ3) is 5.53. The molecule has 1 aliphatic rings. The molecular formula is C25H24ClN3O3. The van der Waals surface area contributed by atoms with Gasteiger partial charge in [0.1, 0.15) is 11.9 Å². The summed E-state index contributed by atoms with van der Waals surface area (Å²) in [4.78, 5) is 28.6. The van der Waals surface area contributed by atoms with Gasteiger partial charge in [-0.15, -0.1) is 12.4 Å². The summed E-state index contributed by atoms with van der Waals surface area (Å²) in [6.45, 7) is 1.67. The molecule has 32 heavy (non-hydrogen) atoms. The molecular weight excluding hydrogens is 426 g/mol. The second-order valence-corrected chi connectivity index (χ2v) is 7.37. The van der Waals surface area contributed by atoms with Crippen molar-refractivity contribution >= 4 is 30.1 Å². The molecule has 0 aliphatic carbocycles. The smallest absolute Gasteiger partial charge is 0.326 e. The van der Waals surface area contributed by atoms with Gasteiger partial charge in [0.2, 0.25) is 0 Å². The van der Waals surface area contributed by atoms with E-state index >= 15 is 0 Å². The number of carbonyl (C=O) groups excluding carboxylic acids is 1. The highest BCUT2D eigenvalue weighted by Crippen LogP contribution is 2.21. The lowest BCUT2D eigenvalue weighted by Gasteiger charge is -2.15. The number of hydrogen-bond donors (Lipinski definition) is 3. The van der Waals surface area contributed by atoms with Gasteiger partial charge in [0.05, 0.1) is 6.54 Å². The number of nitrogens with one attached hydrogen (secondary N) is 2. The van der Waals surface area contributed by atoms with Crippen molar-refractivity contribution in [1.29, 1.82) is 0 Å². The zero-order valence-corrected chi connectivity index (χ0v) is 18.1. The average molecular weight is 450 g/mol. The Morgan fingerprint density at radius 3 is 2.06 bits per heavy atom. The van der Waals surface area contributed by atoms with Gasteiger partial charge >= 0.3 is 5.97 Å². The summed E-state index contributed by atoms with van der Waals surface area (Å²) in [6.07, 6.45) is 0.229. The lowest BCUT2D eigenvalue weighted by molar-refractivity contribution is -0.139. The van der Waals surface area contributed by atoms with Crippen LogP contribution in [0.1, 0.15) is 21.5 Å². The van der Waals surface area contributed by atoms with Crippen LogP contribution in [0.2, 0.25) is 0 Å². The van der Waals surface area contributed by atoms with Crippen molar-refractivity contribution in [3.8, 4) is 11.1 Å². The van der Waals surface area contributed by atoms with E-state index < -0.39 is 17.9 Å². The van der Waals surface area contributed by atoms with E-state index in [-0.39, 0.29) is 18.8 Å². The summed E-state index contributed by atoms with van der Waals surface area (Å²) in [6, 6.07) is 23.5. The standard InChI is InChI=1S/C25H23N3O3.ClH/c29-24(28-22(25(30)31)16-17-4-2-1-3-5-17)21-12-8-19(9-13-21)18-6-10-20(11-7-18)23-26-14-15-27-23;/h1-13,22H,14-16H2,(H,26,27)(H,28,29)(H,30,31);1H/t22-;/m0./s1. The van der Waals surface area contributed by atoms with Crippen molar-refractivity contribution in [3.63, 3.8) is 0 Å². The minimum Gasteiger partial charge on any atom is -0.480 e. The Balaban J connectivity index is 0.00000289. The number of aliphatic carboxylic acids is 1. The van der Waals surface area contributed by atoms with E-state index in [9.17, 15) is 14.7 Å². The van der Waals surface area contributed by atoms with Crippen molar-refractivity contribution in [1.82, 2.24) is 10.6 Å². The van der Waals surface area contributed by atoms with Crippen molar-refractivity contribution in [2.75, 3.05) is 13.1 Å². The molecule has 7 heteroatoms. The molecule has 0 unspecified atom stereocenters. The molecule has 0 bridgehead atoms. The van der Waals surface area contributed by atoms with Crippen molar-refractivity contribution in [3.05, 3.63) is 95.6 Å². The van der Waals surface area contributed by atoms with Crippen LogP contribution in [0.15, 0.2) is 83.9 Å². The Hall–Kier alpha value is -3.64. The summed E-state index contributed by atoms with van der Waals surface area (Å²) < 4.78 is 0. The van der Waals surface area contributed by atoms with Crippen LogP contribution in [-0.4, -0.2) is 41.9 Å². The molecule has 0 fully saturated rings. The maximum Gasteiger partial charge on any atom is 0.326 e. The third-order valence-electron chi connectivity index (χ3n) is 5.20. The van der Waals surface area contributed by atoms with E-state index in [4.69, 9.17) is 0 Å². The molecule has 3 N–H and O–H groups in total. The van der Waals surface area contributed by atoms with Crippen LogP contribution in [0.3, 0.4) is 0 Å². The molecule has 0 saturated heterocycles. The maximum atomic E-state index is 12.6. The fourth-order valence-corrected chi connectivity index (χ4v) is 3.52. The van der Waals surface area contributed by atoms with E-state index in [1.54, 1.807) is 12.1 Å². The van der Waals surface area contributed by atoms with Crippen LogP contribution in [0, 0.1) is 0 Å². The minimum atomic E-state index is -1.06. The van der Waals surface area contributed by atoms with Crippen LogP contribution in [0.4, 0.5) is 0 Å². The van der Waals surface area contributed by atoms with Gasteiger partial charge in [0.15, 0.2) is 0 Å². The number of halogens is 1. The van der Waals surface area contributed by atoms with E-state index in [0.29, 0.717) is 5.56 Å². The molecule has 6 nitrogen and oxygen atoms in total. The minimum absolute atomic E-state index is 0. The van der Waals surface area contributed by atoms with Gasteiger partial charge in [-0.1, -0.05) is 66.7 Å². The number of amides is 1. The largest absolute Gasteiger partial charge is 0.480 e. The van der Waals surface area contributed by atoms with Gasteiger partial charge in [-0.25, -0.2) is 4.79 Å². The third-order valence-corrected chi connectivity index (χ3v) is 5.20. The molecule has 1 atom stereocenters. The van der Waals surface area contributed by atoms with E-state index in [0.717, 1.165) is 41.2 Å². The number of rotatable bonds is 7. The molecule has 0 radical (unpaired) electrons. The lowest BCUT2D eigenvalue weighted by atomic mass is 10.0. The zero-order valence-electron chi connectivity index (χ0n) is 17.3. The highest BCUT2D eigenvalue weighted by atomic mass is 35.5. The molecule has 164 valence electrons. The second-order valence-electron chi connectivity index (χ2n) is 7.37. The highest BCUT2D eigenvalue weighted by molar-refractivity contribution is 6.00. The van der Waals surface area contributed by atoms with Crippen LogP contribution >= 0.6 is 12.4 Å². The van der Waals surface area contributed by atoms with Gasteiger partial charge in [0, 0.05) is 24.1 Å². The fraction of sp³-hybridized carbons (Fsp3) is 0.160. The SMILES string of the molecule is Cl.O=C(N[C@@H](Cc1ccccc1)C(=O)O)c1ccc(-c2ccc(C3=NCCN3)cc2)cc1. The van der Waals surface area contributed by atoms with Gasteiger partial charge < -0.3 is 15.7 Å². The summed E-state index contributed by atoms with van der Waals surface area (Å²) in [7, 11) is 0. The molecule has 1 heterocycles. The quantitative estimate of drug-likeness (QED) is 0.514. The number of aliphatic imine (C=N–C) groups is 1. The van der Waals surface area contributed by atoms with E-state index in [1.807, 2.05) is 66.7 Å². The Kier molecular flexibility index (Phi) is 7.63. The highest BCUT2D eigenvalue weighted by Gasteiger charge is 2.21. The van der Waals surface area contributed by atoms with Gasteiger partial charge in [-0.05, 0) is 28.8 Å². The van der Waals surface area contributed by atoms with Gasteiger partial charge in [0.25, 0.3) is 5.91 Å². The number of benzene rings is 3. The molecule has 3 aromatic carbocycles. The summed E-state index contributed by atoms with van der Waals surface area (Å²) in [5.74, 6) is -0.548. The molecule has 0 saturated carbocycles. The normalized spacial score (nSPS) is 13.3. The number of nitrogens with zero attached hydrogens (tertiary/aromatic N) is 1. The number of carboxylic acids is 1. The van der Waals surface area contributed by atoms with Crippen molar-refractivity contribution in [2.45, 2.75) is 12.5 Å². The van der Waals surface area contributed by atoms with Crippen LogP contribution < -0.4 is 10.6 Å². The van der Waals surface area contributed by atoms with E-state index in [1.165, 1.54) is 0 Å². The Bertz CT molecular complexity index is 1100. The molecule has 1 aliphatic heterocycles. The summed E-state index contributed by atoms with van der Waals surface area (Å²) >= 11 is 0. The molecule has 0 spiro atoms. The van der Waals surface area contributed by atoms with Crippen molar-refractivity contribution in [2.24, 2.45) is 4.99 Å². The molecule has 1 amide bonds. The molecule has 0 aromatic heterocycles. The van der Waals surface area contributed by atoms with Crippen molar-refractivity contribution < 1.29 is 14.7 Å². The second kappa shape index (κ2) is 10.6. The van der Waals surface area contributed by atoms with Gasteiger partial charge in [-0.3, -0.25) is 9.79 Å². The molecule has 4 rings (SSSR count). The summed E-state index contributed by atoms with van der Waals surface area (Å²) in [5.41, 5.74) is 4.33. The van der Waals surface area contributed by atoms with E-state index in [2.05, 4.69) is 15.6 Å². The predicted octanol–water partition coefficient (Wildman–Crippen LogP) is 3.55. The number of carbonyl (C=O) groups is 2. The fourth-order valence-electron chi connectivity index (χ4n) is 3.52. The first-order valence-electron chi connectivity index (χ1n) is 10.2. The molecule has 3 aromatic rings. The number of carboxylic acid groups (broad SMARTS) is 1. The monoisotopic (exact) mass is 449 g/mol. The number of amidine groups is 1. The predicted molar refractivity (Wildman–Crippen MR) is 128 cm³/mol. The Labute approximate surface area is 192 Å². The first-order valence-corrected chi connectivity index (χ1v) is 10.2. The Morgan fingerprint density at radius 1 is 0.906 bits per heavy atom. The Morgan fingerprint density at radius 2 is 1.50 bits per heavy atom. The number of hydrogen-bond acceptors (Lipinski definition) is 4.